The molecule has 2 aromatic carbocycles. The van der Waals surface area contributed by atoms with Crippen LogP contribution in [-0.2, 0) is 21.1 Å². The molecule has 1 heterocycles. The first-order valence-corrected chi connectivity index (χ1v) is 11.4. The average Bonchev–Trinajstić information content (AvgIpc) is 2.59. The SMILES string of the molecule is C[Si](C)(C)OCc1cc2c3c(cccc3c1)S(=O)(=O)N2. The van der Waals surface area contributed by atoms with E-state index >= 15 is 0 Å². The second-order valence-corrected chi connectivity index (χ2v) is 12.2. The lowest BCUT2D eigenvalue weighted by Crippen LogP contribution is -2.24. The van der Waals surface area contributed by atoms with Crippen LogP contribution >= 0.6 is 0 Å². The van der Waals surface area contributed by atoms with E-state index in [-0.39, 0.29) is 0 Å². The van der Waals surface area contributed by atoms with Gasteiger partial charge in [0, 0.05) is 5.39 Å². The summed E-state index contributed by atoms with van der Waals surface area (Å²) in [6, 6.07) is 9.22. The van der Waals surface area contributed by atoms with Crippen LogP contribution < -0.4 is 4.72 Å². The molecule has 0 saturated heterocycles. The molecule has 1 aliphatic rings. The van der Waals surface area contributed by atoms with Gasteiger partial charge in [0.1, 0.15) is 0 Å². The van der Waals surface area contributed by atoms with Crippen LogP contribution in [-0.4, -0.2) is 16.7 Å². The van der Waals surface area contributed by atoms with E-state index in [4.69, 9.17) is 4.43 Å². The maximum Gasteiger partial charge on any atom is 0.262 e. The van der Waals surface area contributed by atoms with Crippen LogP contribution in [0.1, 0.15) is 5.56 Å². The van der Waals surface area contributed by atoms with Crippen LogP contribution in [0, 0.1) is 0 Å². The topological polar surface area (TPSA) is 55.4 Å². The molecule has 0 aliphatic carbocycles. The predicted molar refractivity (Wildman–Crippen MR) is 82.9 cm³/mol. The van der Waals surface area contributed by atoms with Crippen molar-refractivity contribution < 1.29 is 12.8 Å². The first kappa shape index (κ1) is 13.6. The molecule has 0 aromatic heterocycles. The summed E-state index contributed by atoms with van der Waals surface area (Å²) in [5, 5.41) is 1.71. The highest BCUT2D eigenvalue weighted by molar-refractivity contribution is 7.93. The lowest BCUT2D eigenvalue weighted by Gasteiger charge is -2.17. The van der Waals surface area contributed by atoms with Crippen molar-refractivity contribution in [2.75, 3.05) is 4.72 Å². The molecule has 0 fully saturated rings. The maximum absolute atomic E-state index is 12.0. The zero-order chi connectivity index (χ0) is 14.5. The summed E-state index contributed by atoms with van der Waals surface area (Å²) in [5.41, 5.74) is 1.66. The van der Waals surface area contributed by atoms with Gasteiger partial charge in [-0.2, -0.15) is 0 Å². The number of nitrogens with one attached hydrogen (secondary N) is 1. The summed E-state index contributed by atoms with van der Waals surface area (Å²) >= 11 is 0. The van der Waals surface area contributed by atoms with Crippen molar-refractivity contribution in [3.8, 4) is 0 Å². The molecule has 0 unspecified atom stereocenters. The molecule has 106 valence electrons. The van der Waals surface area contributed by atoms with Gasteiger partial charge in [-0.3, -0.25) is 4.72 Å². The fourth-order valence-corrected chi connectivity index (χ4v) is 4.26. The van der Waals surface area contributed by atoms with Gasteiger partial charge in [-0.15, -0.1) is 0 Å². The highest BCUT2D eigenvalue weighted by atomic mass is 32.2. The van der Waals surface area contributed by atoms with Crippen molar-refractivity contribution in [1.29, 1.82) is 0 Å². The smallest absolute Gasteiger partial charge is 0.262 e. The van der Waals surface area contributed by atoms with Crippen LogP contribution in [0.5, 0.6) is 0 Å². The van der Waals surface area contributed by atoms with Crippen LogP contribution in [0.2, 0.25) is 19.6 Å². The molecular formula is C14H17NO3SSi. The second kappa shape index (κ2) is 4.31. The third-order valence-corrected chi connectivity index (χ3v) is 5.62. The third-order valence-electron chi connectivity index (χ3n) is 3.20. The highest BCUT2D eigenvalue weighted by Crippen LogP contribution is 2.38. The Morgan fingerprint density at radius 2 is 1.95 bits per heavy atom. The molecule has 20 heavy (non-hydrogen) atoms. The molecule has 0 radical (unpaired) electrons. The number of sulfonamides is 1. The number of hydrogen-bond acceptors (Lipinski definition) is 3. The summed E-state index contributed by atoms with van der Waals surface area (Å²) in [5.74, 6) is 0. The second-order valence-electron chi connectivity index (χ2n) is 6.00. The zero-order valence-corrected chi connectivity index (χ0v) is 13.5. The van der Waals surface area contributed by atoms with E-state index in [1.165, 1.54) is 0 Å². The quantitative estimate of drug-likeness (QED) is 0.885. The van der Waals surface area contributed by atoms with Crippen molar-refractivity contribution in [1.82, 2.24) is 0 Å². The largest absolute Gasteiger partial charge is 0.413 e. The average molecular weight is 307 g/mol. The summed E-state index contributed by atoms with van der Waals surface area (Å²) < 4.78 is 32.6. The monoisotopic (exact) mass is 307 g/mol. The van der Waals surface area contributed by atoms with Crippen molar-refractivity contribution in [2.45, 2.75) is 31.1 Å². The van der Waals surface area contributed by atoms with Crippen molar-refractivity contribution >= 4 is 34.8 Å². The molecule has 1 N–H and O–H groups in total. The van der Waals surface area contributed by atoms with Gasteiger partial charge >= 0.3 is 0 Å². The molecular weight excluding hydrogens is 290 g/mol. The van der Waals surface area contributed by atoms with Crippen LogP contribution in [0.25, 0.3) is 10.8 Å². The van der Waals surface area contributed by atoms with E-state index in [1.54, 1.807) is 12.1 Å². The molecule has 0 bridgehead atoms. The predicted octanol–water partition coefficient (Wildman–Crippen LogP) is 3.31. The van der Waals surface area contributed by atoms with Crippen LogP contribution in [0.3, 0.4) is 0 Å². The van der Waals surface area contributed by atoms with Crippen molar-refractivity contribution in [2.24, 2.45) is 0 Å². The van der Waals surface area contributed by atoms with E-state index in [2.05, 4.69) is 24.4 Å². The van der Waals surface area contributed by atoms with Crippen molar-refractivity contribution in [3.05, 3.63) is 35.9 Å². The van der Waals surface area contributed by atoms with Gasteiger partial charge in [0.05, 0.1) is 17.2 Å². The normalized spacial score (nSPS) is 16.4. The first-order valence-electron chi connectivity index (χ1n) is 6.49. The van der Waals surface area contributed by atoms with Gasteiger partial charge in [0.15, 0.2) is 8.32 Å². The van der Waals surface area contributed by atoms with E-state index in [0.29, 0.717) is 17.2 Å². The molecule has 6 heteroatoms. The summed E-state index contributed by atoms with van der Waals surface area (Å²) in [6.07, 6.45) is 0. The van der Waals surface area contributed by atoms with Crippen molar-refractivity contribution in [3.63, 3.8) is 0 Å². The fraction of sp³-hybridized carbons (Fsp3) is 0.286. The summed E-state index contributed by atoms with van der Waals surface area (Å²) in [7, 11) is -4.99. The number of hydrogen-bond donors (Lipinski definition) is 1. The third kappa shape index (κ3) is 2.34. The minimum Gasteiger partial charge on any atom is -0.413 e. The summed E-state index contributed by atoms with van der Waals surface area (Å²) in [4.78, 5) is 0.364. The standard InChI is InChI=1S/C14H17NO3SSi/c1-20(2,3)18-9-10-7-11-5-4-6-13-14(11)12(8-10)15-19(13,16)17/h4-8,15H,9H2,1-3H3. The molecule has 0 saturated carbocycles. The Hall–Kier alpha value is -1.37. The number of rotatable bonds is 3. The van der Waals surface area contributed by atoms with Gasteiger partial charge in [-0.25, -0.2) is 8.42 Å². The van der Waals surface area contributed by atoms with Gasteiger partial charge in [0.25, 0.3) is 10.0 Å². The Morgan fingerprint density at radius 3 is 2.65 bits per heavy atom. The molecule has 0 amide bonds. The van der Waals surface area contributed by atoms with Gasteiger partial charge in [-0.1, -0.05) is 12.1 Å². The minimum absolute atomic E-state index is 0.364. The van der Waals surface area contributed by atoms with Crippen LogP contribution in [0.4, 0.5) is 5.69 Å². The zero-order valence-electron chi connectivity index (χ0n) is 11.7. The Kier molecular flexibility index (Phi) is 2.93. The lowest BCUT2D eigenvalue weighted by atomic mass is 10.1. The Bertz CT molecular complexity index is 794. The number of benzene rings is 2. The molecule has 1 aliphatic heterocycles. The molecule has 2 aromatic rings. The van der Waals surface area contributed by atoms with E-state index < -0.39 is 18.3 Å². The number of anilines is 1. The minimum atomic E-state index is -3.40. The van der Waals surface area contributed by atoms with E-state index in [0.717, 1.165) is 16.3 Å². The lowest BCUT2D eigenvalue weighted by molar-refractivity contribution is 0.300. The van der Waals surface area contributed by atoms with E-state index in [1.807, 2.05) is 18.2 Å². The van der Waals surface area contributed by atoms with Gasteiger partial charge in [0.2, 0.25) is 0 Å². The van der Waals surface area contributed by atoms with E-state index in [9.17, 15) is 8.42 Å². The Morgan fingerprint density at radius 1 is 1.20 bits per heavy atom. The maximum atomic E-state index is 12.0. The molecule has 3 rings (SSSR count). The molecule has 4 nitrogen and oxygen atoms in total. The van der Waals surface area contributed by atoms with Gasteiger partial charge in [-0.05, 0) is 48.8 Å². The van der Waals surface area contributed by atoms with Crippen LogP contribution in [0.15, 0.2) is 35.2 Å². The summed E-state index contributed by atoms with van der Waals surface area (Å²) in [6.45, 7) is 6.92. The molecule has 0 spiro atoms. The molecule has 0 atom stereocenters. The fourth-order valence-electron chi connectivity index (χ4n) is 2.34. The Labute approximate surface area is 119 Å². The van der Waals surface area contributed by atoms with Gasteiger partial charge < -0.3 is 4.43 Å². The highest BCUT2D eigenvalue weighted by Gasteiger charge is 2.27. The Balaban J connectivity index is 2.08. The first-order chi connectivity index (χ1) is 9.26.